The highest BCUT2D eigenvalue weighted by atomic mass is 19.1. The number of rotatable bonds is 3. The molecule has 0 radical (unpaired) electrons. The van der Waals surface area contributed by atoms with Crippen LogP contribution in [0.5, 0.6) is 0 Å². The number of aliphatic imine (C=N–C) groups is 1. The minimum Gasteiger partial charge on any atom is -0.354 e. The molecule has 0 bridgehead atoms. The van der Waals surface area contributed by atoms with E-state index in [0.29, 0.717) is 29.7 Å². The SMILES string of the molecule is CN=C(NCc1cc(C#N)ccc1F)NC1CCCC1. The minimum absolute atomic E-state index is 0.312. The molecule has 0 heterocycles. The first-order valence-corrected chi connectivity index (χ1v) is 6.88. The molecule has 1 aromatic carbocycles. The van der Waals surface area contributed by atoms with Crippen molar-refractivity contribution >= 4 is 5.96 Å². The molecule has 1 aliphatic carbocycles. The van der Waals surface area contributed by atoms with E-state index in [1.54, 1.807) is 13.1 Å². The normalized spacial score (nSPS) is 15.9. The van der Waals surface area contributed by atoms with E-state index in [1.165, 1.54) is 25.0 Å². The molecule has 20 heavy (non-hydrogen) atoms. The van der Waals surface area contributed by atoms with Gasteiger partial charge in [0.2, 0.25) is 0 Å². The molecular formula is C15H19FN4. The zero-order valence-electron chi connectivity index (χ0n) is 11.6. The summed E-state index contributed by atoms with van der Waals surface area (Å²) in [7, 11) is 1.70. The van der Waals surface area contributed by atoms with Crippen LogP contribution in [0.4, 0.5) is 4.39 Å². The lowest BCUT2D eigenvalue weighted by Gasteiger charge is -2.17. The van der Waals surface area contributed by atoms with Crippen LogP contribution in [-0.2, 0) is 6.54 Å². The minimum atomic E-state index is -0.312. The Bertz CT molecular complexity index is 527. The van der Waals surface area contributed by atoms with Gasteiger partial charge in [0.25, 0.3) is 0 Å². The molecule has 1 aliphatic rings. The third kappa shape index (κ3) is 3.70. The zero-order valence-corrected chi connectivity index (χ0v) is 11.6. The van der Waals surface area contributed by atoms with Crippen LogP contribution < -0.4 is 10.6 Å². The molecular weight excluding hydrogens is 255 g/mol. The van der Waals surface area contributed by atoms with Gasteiger partial charge in [-0.3, -0.25) is 4.99 Å². The fourth-order valence-electron chi connectivity index (χ4n) is 2.42. The number of halogens is 1. The number of guanidine groups is 1. The van der Waals surface area contributed by atoms with Crippen LogP contribution in [0.1, 0.15) is 36.8 Å². The molecule has 0 saturated heterocycles. The molecule has 0 amide bonds. The Balaban J connectivity index is 1.94. The number of hydrogen-bond donors (Lipinski definition) is 2. The van der Waals surface area contributed by atoms with Crippen molar-refractivity contribution < 1.29 is 4.39 Å². The summed E-state index contributed by atoms with van der Waals surface area (Å²) >= 11 is 0. The van der Waals surface area contributed by atoms with Gasteiger partial charge in [0.1, 0.15) is 5.82 Å². The van der Waals surface area contributed by atoms with Gasteiger partial charge in [-0.2, -0.15) is 5.26 Å². The molecule has 1 saturated carbocycles. The molecule has 2 rings (SSSR count). The van der Waals surface area contributed by atoms with Crippen LogP contribution in [0.25, 0.3) is 0 Å². The highest BCUT2D eigenvalue weighted by Gasteiger charge is 2.16. The summed E-state index contributed by atoms with van der Waals surface area (Å²) in [5.41, 5.74) is 0.931. The third-order valence-electron chi connectivity index (χ3n) is 3.54. The molecule has 1 fully saturated rings. The molecule has 2 N–H and O–H groups in total. The highest BCUT2D eigenvalue weighted by Crippen LogP contribution is 2.17. The molecule has 0 aromatic heterocycles. The first-order valence-electron chi connectivity index (χ1n) is 6.88. The highest BCUT2D eigenvalue weighted by molar-refractivity contribution is 5.80. The first-order chi connectivity index (χ1) is 9.72. The maximum absolute atomic E-state index is 13.7. The Labute approximate surface area is 118 Å². The zero-order chi connectivity index (χ0) is 14.4. The number of nitriles is 1. The van der Waals surface area contributed by atoms with Crippen molar-refractivity contribution in [1.82, 2.24) is 10.6 Å². The van der Waals surface area contributed by atoms with Crippen molar-refractivity contribution in [2.24, 2.45) is 4.99 Å². The van der Waals surface area contributed by atoms with Crippen LogP contribution in [0, 0.1) is 17.1 Å². The van der Waals surface area contributed by atoms with E-state index in [4.69, 9.17) is 5.26 Å². The van der Waals surface area contributed by atoms with Gasteiger partial charge in [-0.1, -0.05) is 12.8 Å². The van der Waals surface area contributed by atoms with Gasteiger partial charge in [0, 0.05) is 25.2 Å². The van der Waals surface area contributed by atoms with E-state index < -0.39 is 0 Å². The van der Waals surface area contributed by atoms with Crippen molar-refractivity contribution in [3.63, 3.8) is 0 Å². The second-order valence-corrected chi connectivity index (χ2v) is 4.97. The summed E-state index contributed by atoms with van der Waals surface area (Å²) in [5.74, 6) is 0.367. The van der Waals surface area contributed by atoms with Crippen LogP contribution in [0.3, 0.4) is 0 Å². The molecule has 1 aromatic rings. The van der Waals surface area contributed by atoms with E-state index in [-0.39, 0.29) is 5.82 Å². The number of hydrogen-bond acceptors (Lipinski definition) is 2. The molecule has 0 unspecified atom stereocenters. The van der Waals surface area contributed by atoms with E-state index in [9.17, 15) is 4.39 Å². The van der Waals surface area contributed by atoms with Gasteiger partial charge in [-0.15, -0.1) is 0 Å². The topological polar surface area (TPSA) is 60.2 Å². The van der Waals surface area contributed by atoms with E-state index >= 15 is 0 Å². The van der Waals surface area contributed by atoms with Crippen molar-refractivity contribution in [3.05, 3.63) is 35.1 Å². The van der Waals surface area contributed by atoms with E-state index in [2.05, 4.69) is 15.6 Å². The predicted octanol–water partition coefficient (Wildman–Crippen LogP) is 2.30. The molecule has 106 valence electrons. The van der Waals surface area contributed by atoms with Gasteiger partial charge in [0.05, 0.1) is 11.6 Å². The van der Waals surface area contributed by atoms with Gasteiger partial charge in [0.15, 0.2) is 5.96 Å². The fourth-order valence-corrected chi connectivity index (χ4v) is 2.42. The standard InChI is InChI=1S/C15H19FN4/c1-18-15(20-13-4-2-3-5-13)19-10-12-8-11(9-17)6-7-14(12)16/h6-8,13H,2-5,10H2,1H3,(H2,18,19,20). The molecule has 0 atom stereocenters. The maximum Gasteiger partial charge on any atom is 0.191 e. The number of nitrogens with one attached hydrogen (secondary N) is 2. The largest absolute Gasteiger partial charge is 0.354 e. The lowest BCUT2D eigenvalue weighted by Crippen LogP contribution is -2.42. The summed E-state index contributed by atoms with van der Waals surface area (Å²) in [5, 5.41) is 15.3. The second-order valence-electron chi connectivity index (χ2n) is 4.97. The smallest absolute Gasteiger partial charge is 0.191 e. The number of benzene rings is 1. The summed E-state index contributed by atoms with van der Waals surface area (Å²) in [6.45, 7) is 0.313. The van der Waals surface area contributed by atoms with Crippen LogP contribution in [0.2, 0.25) is 0 Å². The quantitative estimate of drug-likeness (QED) is 0.657. The van der Waals surface area contributed by atoms with Gasteiger partial charge in [-0.25, -0.2) is 4.39 Å². The van der Waals surface area contributed by atoms with E-state index in [0.717, 1.165) is 12.8 Å². The molecule has 0 aliphatic heterocycles. The Kier molecular flexibility index (Phi) is 4.94. The number of nitrogens with zero attached hydrogens (tertiary/aromatic N) is 2. The van der Waals surface area contributed by atoms with Crippen molar-refractivity contribution in [2.45, 2.75) is 38.3 Å². The molecule has 4 nitrogen and oxygen atoms in total. The van der Waals surface area contributed by atoms with Gasteiger partial charge in [-0.05, 0) is 31.0 Å². The Morgan fingerprint density at radius 3 is 2.85 bits per heavy atom. The third-order valence-corrected chi connectivity index (χ3v) is 3.54. The first kappa shape index (κ1) is 14.3. The Morgan fingerprint density at radius 1 is 1.45 bits per heavy atom. The Hall–Kier alpha value is -2.09. The maximum atomic E-state index is 13.7. The fraction of sp³-hybridized carbons (Fsp3) is 0.467. The molecule has 0 spiro atoms. The average Bonchev–Trinajstić information content (AvgIpc) is 2.97. The van der Waals surface area contributed by atoms with E-state index in [1.807, 2.05) is 6.07 Å². The monoisotopic (exact) mass is 274 g/mol. The Morgan fingerprint density at radius 2 is 2.20 bits per heavy atom. The van der Waals surface area contributed by atoms with Gasteiger partial charge < -0.3 is 10.6 Å². The summed E-state index contributed by atoms with van der Waals surface area (Å²) in [6, 6.07) is 6.83. The summed E-state index contributed by atoms with van der Waals surface area (Å²) in [4.78, 5) is 4.15. The molecule has 5 heteroatoms. The average molecular weight is 274 g/mol. The van der Waals surface area contributed by atoms with Crippen molar-refractivity contribution in [3.8, 4) is 6.07 Å². The van der Waals surface area contributed by atoms with Crippen molar-refractivity contribution in [1.29, 1.82) is 5.26 Å². The summed E-state index contributed by atoms with van der Waals surface area (Å²) < 4.78 is 13.7. The second kappa shape index (κ2) is 6.90. The van der Waals surface area contributed by atoms with Crippen LogP contribution in [-0.4, -0.2) is 19.0 Å². The lowest BCUT2D eigenvalue weighted by atomic mass is 10.1. The predicted molar refractivity (Wildman–Crippen MR) is 76.7 cm³/mol. The van der Waals surface area contributed by atoms with Crippen LogP contribution in [0.15, 0.2) is 23.2 Å². The van der Waals surface area contributed by atoms with Gasteiger partial charge >= 0.3 is 0 Å². The van der Waals surface area contributed by atoms with Crippen molar-refractivity contribution in [2.75, 3.05) is 7.05 Å². The van der Waals surface area contributed by atoms with Crippen LogP contribution >= 0.6 is 0 Å². The summed E-state index contributed by atoms with van der Waals surface area (Å²) in [6.07, 6.45) is 4.79. The lowest BCUT2D eigenvalue weighted by molar-refractivity contribution is 0.594.